The topological polar surface area (TPSA) is 51.2 Å². The lowest BCUT2D eigenvalue weighted by Crippen LogP contribution is -2.63. The summed E-state index contributed by atoms with van der Waals surface area (Å²) in [6.45, 7) is 15.8. The molecule has 1 saturated carbocycles. The molecule has 4 fully saturated rings. The molecule has 1 spiro atoms. The van der Waals surface area contributed by atoms with Gasteiger partial charge in [0.05, 0.1) is 17.3 Å². The molecule has 0 amide bonds. The van der Waals surface area contributed by atoms with Crippen LogP contribution in [0.4, 0.5) is 0 Å². The van der Waals surface area contributed by atoms with Crippen molar-refractivity contribution < 1.29 is 19.0 Å². The number of hydrogen-bond acceptors (Lipinski definition) is 4. The summed E-state index contributed by atoms with van der Waals surface area (Å²) >= 11 is 2.32. The minimum atomic E-state index is -1.91. The molecular formula is C18H31IO4Si. The van der Waals surface area contributed by atoms with Gasteiger partial charge in [-0.25, -0.2) is 0 Å². The predicted octanol–water partition coefficient (Wildman–Crippen LogP) is 4.00. The third-order valence-electron chi connectivity index (χ3n) is 7.85. The largest absolute Gasteiger partial charge is 0.411 e. The molecule has 0 aromatic carbocycles. The van der Waals surface area contributed by atoms with E-state index in [1.54, 1.807) is 0 Å². The fraction of sp³-hybridized carbons (Fsp3) is 1.00. The number of alkyl halides is 1. The van der Waals surface area contributed by atoms with Crippen LogP contribution in [0.1, 0.15) is 53.9 Å². The third-order valence-corrected chi connectivity index (χ3v) is 13.6. The molecule has 1 N–H and O–H groups in total. The van der Waals surface area contributed by atoms with E-state index in [0.29, 0.717) is 0 Å². The van der Waals surface area contributed by atoms with Gasteiger partial charge in [0.25, 0.3) is 0 Å². The SMILES string of the molecule is CC(C)(C)[Si](C)(C)O[C@@H]1C[C@]2(I)O[C@@]1(C)[C@@H]1CC[C@]3(C)O[C@]13[C@@H]2O. The van der Waals surface area contributed by atoms with Crippen molar-refractivity contribution in [1.82, 2.24) is 0 Å². The van der Waals surface area contributed by atoms with E-state index >= 15 is 0 Å². The summed E-state index contributed by atoms with van der Waals surface area (Å²) < 4.78 is 19.0. The van der Waals surface area contributed by atoms with Crippen molar-refractivity contribution in [3.8, 4) is 0 Å². The van der Waals surface area contributed by atoms with E-state index in [0.717, 1.165) is 19.3 Å². The monoisotopic (exact) mass is 466 g/mol. The molecule has 0 aromatic rings. The Morgan fingerprint density at radius 2 is 1.83 bits per heavy atom. The maximum atomic E-state index is 11.2. The summed E-state index contributed by atoms with van der Waals surface area (Å²) in [5, 5.41) is 11.3. The van der Waals surface area contributed by atoms with E-state index in [1.807, 2.05) is 0 Å². The van der Waals surface area contributed by atoms with E-state index in [2.05, 4.69) is 70.3 Å². The number of aliphatic hydroxyl groups is 1. The van der Waals surface area contributed by atoms with Crippen LogP contribution in [-0.4, -0.2) is 46.0 Å². The van der Waals surface area contributed by atoms with Crippen molar-refractivity contribution in [2.45, 2.75) is 105 Å². The van der Waals surface area contributed by atoms with Crippen LogP contribution in [-0.2, 0) is 13.9 Å². The quantitative estimate of drug-likeness (QED) is 0.289. The van der Waals surface area contributed by atoms with Crippen molar-refractivity contribution in [2.75, 3.05) is 0 Å². The summed E-state index contributed by atoms with van der Waals surface area (Å²) in [7, 11) is -1.91. The molecule has 1 aliphatic carbocycles. The Hall–Kier alpha value is 0.787. The van der Waals surface area contributed by atoms with Gasteiger partial charge < -0.3 is 19.0 Å². The predicted molar refractivity (Wildman–Crippen MR) is 104 cm³/mol. The second-order valence-electron chi connectivity index (χ2n) is 10.3. The molecule has 4 aliphatic rings. The van der Waals surface area contributed by atoms with Gasteiger partial charge in [0, 0.05) is 12.3 Å². The molecule has 0 radical (unpaired) electrons. The van der Waals surface area contributed by atoms with E-state index in [1.165, 1.54) is 0 Å². The van der Waals surface area contributed by atoms with E-state index in [9.17, 15) is 5.11 Å². The number of epoxide rings is 1. The lowest BCUT2D eigenvalue weighted by atomic mass is 9.74. The highest BCUT2D eigenvalue weighted by molar-refractivity contribution is 14.1. The molecule has 7 atom stereocenters. The van der Waals surface area contributed by atoms with Gasteiger partial charge in [-0.3, -0.25) is 0 Å². The molecule has 6 heteroatoms. The Kier molecular flexibility index (Phi) is 3.49. The number of fused-ring (bicyclic) bond motifs is 3. The lowest BCUT2D eigenvalue weighted by molar-refractivity contribution is -0.211. The average molecular weight is 466 g/mol. The number of rotatable bonds is 2. The maximum absolute atomic E-state index is 11.2. The zero-order valence-electron chi connectivity index (χ0n) is 15.9. The molecule has 3 heterocycles. The second-order valence-corrected chi connectivity index (χ2v) is 16.8. The van der Waals surface area contributed by atoms with Crippen LogP contribution >= 0.6 is 22.6 Å². The number of halogens is 1. The Labute approximate surface area is 160 Å². The first-order valence-electron chi connectivity index (χ1n) is 9.17. The maximum Gasteiger partial charge on any atom is 0.192 e. The summed E-state index contributed by atoms with van der Waals surface area (Å²) in [5.41, 5.74) is -0.971. The van der Waals surface area contributed by atoms with Crippen LogP contribution in [0.25, 0.3) is 0 Å². The Bertz CT molecular complexity index is 592. The molecule has 4 rings (SSSR count). The van der Waals surface area contributed by atoms with Crippen molar-refractivity contribution in [2.24, 2.45) is 5.92 Å². The van der Waals surface area contributed by atoms with Gasteiger partial charge >= 0.3 is 0 Å². The van der Waals surface area contributed by atoms with Gasteiger partial charge in [-0.1, -0.05) is 20.8 Å². The first-order chi connectivity index (χ1) is 10.7. The standard InChI is InChI=1S/C18H31IO4Si/c1-14(2,3)24(6,7)21-12-10-17(19)13(20)18-11(16(12,5)23-17)8-9-15(18,4)22-18/h11-13,20H,8-10H2,1-7H3/t11-,12+,13+,15-,16-,17-,18-/m0/s1. The molecule has 4 nitrogen and oxygen atoms in total. The Balaban J connectivity index is 1.71. The highest BCUT2D eigenvalue weighted by Gasteiger charge is 2.87. The van der Waals surface area contributed by atoms with Crippen LogP contribution < -0.4 is 0 Å². The van der Waals surface area contributed by atoms with Crippen molar-refractivity contribution in [1.29, 1.82) is 0 Å². The van der Waals surface area contributed by atoms with E-state index in [4.69, 9.17) is 13.9 Å². The van der Waals surface area contributed by atoms with E-state index < -0.39 is 23.6 Å². The summed E-state index contributed by atoms with van der Waals surface area (Å²) in [6.07, 6.45) is 2.25. The molecule has 0 unspecified atom stereocenters. The van der Waals surface area contributed by atoms with Crippen LogP contribution in [0.15, 0.2) is 0 Å². The molecule has 24 heavy (non-hydrogen) atoms. The fourth-order valence-electron chi connectivity index (χ4n) is 5.32. The highest BCUT2D eigenvalue weighted by atomic mass is 127. The fourth-order valence-corrected chi connectivity index (χ4v) is 8.04. The van der Waals surface area contributed by atoms with Crippen LogP contribution in [0.2, 0.25) is 18.1 Å². The average Bonchev–Trinajstić information content (AvgIpc) is 2.77. The normalized spacial score (nSPS) is 56.1. The smallest absolute Gasteiger partial charge is 0.192 e. The Morgan fingerprint density at radius 1 is 1.21 bits per heavy atom. The third kappa shape index (κ3) is 1.93. The van der Waals surface area contributed by atoms with E-state index in [-0.39, 0.29) is 28.3 Å². The summed E-state index contributed by atoms with van der Waals surface area (Å²) in [5.74, 6) is 0.213. The second kappa shape index (κ2) is 4.61. The molecule has 138 valence electrons. The lowest BCUT2D eigenvalue weighted by Gasteiger charge is -2.49. The molecule has 0 aromatic heterocycles. The van der Waals surface area contributed by atoms with Gasteiger partial charge in [0.1, 0.15) is 11.7 Å². The molecule has 3 aliphatic heterocycles. The molecular weight excluding hydrogens is 435 g/mol. The zero-order chi connectivity index (χ0) is 18.0. The summed E-state index contributed by atoms with van der Waals surface area (Å²) in [6, 6.07) is 0. The first kappa shape index (κ1) is 18.2. The summed E-state index contributed by atoms with van der Waals surface area (Å²) in [4.78, 5) is 0. The van der Waals surface area contributed by atoms with Crippen molar-refractivity contribution in [3.05, 3.63) is 0 Å². The zero-order valence-corrected chi connectivity index (χ0v) is 19.1. The molecule has 3 saturated heterocycles. The Morgan fingerprint density at radius 3 is 2.38 bits per heavy atom. The van der Waals surface area contributed by atoms with Gasteiger partial charge in [-0.05, 0) is 67.4 Å². The highest BCUT2D eigenvalue weighted by Crippen LogP contribution is 2.74. The van der Waals surface area contributed by atoms with Crippen molar-refractivity contribution in [3.63, 3.8) is 0 Å². The van der Waals surface area contributed by atoms with Crippen molar-refractivity contribution >= 4 is 30.9 Å². The number of aliphatic hydroxyl groups excluding tert-OH is 1. The van der Waals surface area contributed by atoms with Gasteiger partial charge in [-0.2, -0.15) is 0 Å². The number of hydrogen-bond donors (Lipinski definition) is 1. The van der Waals surface area contributed by atoms with Crippen LogP contribution in [0, 0.1) is 5.92 Å². The van der Waals surface area contributed by atoms with Gasteiger partial charge in [0.2, 0.25) is 0 Å². The first-order valence-corrected chi connectivity index (χ1v) is 13.2. The van der Waals surface area contributed by atoms with Gasteiger partial charge in [-0.15, -0.1) is 0 Å². The van der Waals surface area contributed by atoms with Crippen LogP contribution in [0.5, 0.6) is 0 Å². The van der Waals surface area contributed by atoms with Crippen LogP contribution in [0.3, 0.4) is 0 Å². The van der Waals surface area contributed by atoms with Gasteiger partial charge in [0.15, 0.2) is 11.9 Å². The number of ether oxygens (including phenoxy) is 2. The minimum Gasteiger partial charge on any atom is -0.411 e. The minimum absolute atomic E-state index is 0.0286. The molecule has 2 bridgehead atoms.